The quantitative estimate of drug-likeness (QED) is 0.705. The Morgan fingerprint density at radius 1 is 1.27 bits per heavy atom. The molecule has 1 fully saturated rings. The number of ether oxygens (including phenoxy) is 1. The summed E-state index contributed by atoms with van der Waals surface area (Å²) in [5, 5.41) is 16.2. The third-order valence-corrected chi connectivity index (χ3v) is 4.55. The van der Waals surface area contributed by atoms with Crippen molar-refractivity contribution in [2.24, 2.45) is 5.41 Å². The fourth-order valence-corrected chi connectivity index (χ4v) is 2.85. The van der Waals surface area contributed by atoms with Crippen LogP contribution in [-0.2, 0) is 14.3 Å². The Labute approximate surface area is 131 Å². The summed E-state index contributed by atoms with van der Waals surface area (Å²) in [5.41, 5.74) is -0.980. The van der Waals surface area contributed by atoms with E-state index in [0.717, 1.165) is 0 Å². The maximum absolute atomic E-state index is 11.8. The molecule has 0 aromatic carbocycles. The molecule has 0 atom stereocenters. The van der Waals surface area contributed by atoms with Gasteiger partial charge in [-0.25, -0.2) is 0 Å². The van der Waals surface area contributed by atoms with Gasteiger partial charge in [0.1, 0.15) is 0 Å². The Hall–Kier alpha value is -1.93. The van der Waals surface area contributed by atoms with Gasteiger partial charge in [0.2, 0.25) is 5.91 Å². The van der Waals surface area contributed by atoms with Crippen LogP contribution >= 0.6 is 11.3 Å². The monoisotopic (exact) mass is 326 g/mol. The van der Waals surface area contributed by atoms with Gasteiger partial charge in [0.05, 0.1) is 16.8 Å². The Kier molecular flexibility index (Phi) is 5.51. The number of carbonyl (C=O) groups is 3. The summed E-state index contributed by atoms with van der Waals surface area (Å²) in [6.07, 6.45) is 0.730. The molecule has 22 heavy (non-hydrogen) atoms. The zero-order valence-corrected chi connectivity index (χ0v) is 12.8. The van der Waals surface area contributed by atoms with Crippen molar-refractivity contribution >= 4 is 29.1 Å². The minimum absolute atomic E-state index is 0.0411. The summed E-state index contributed by atoms with van der Waals surface area (Å²) in [7, 11) is 0. The van der Waals surface area contributed by atoms with Gasteiger partial charge in [0, 0.05) is 19.8 Å². The SMILES string of the molecule is O=C(CNC(=O)c1cccs1)NCC1(C(=O)O)CCOCC1. The molecule has 1 aromatic heterocycles. The number of aliphatic carboxylic acids is 1. The molecule has 0 aliphatic carbocycles. The maximum Gasteiger partial charge on any atom is 0.311 e. The van der Waals surface area contributed by atoms with Crippen LogP contribution in [0.15, 0.2) is 17.5 Å². The standard InChI is InChI=1S/C14H18N2O5S/c17-11(8-15-12(18)10-2-1-7-22-10)16-9-14(13(19)20)3-5-21-6-4-14/h1-2,7H,3-6,8-9H2,(H,15,18)(H,16,17)(H,19,20). The van der Waals surface area contributed by atoms with E-state index in [2.05, 4.69) is 10.6 Å². The molecule has 1 aliphatic heterocycles. The average molecular weight is 326 g/mol. The topological polar surface area (TPSA) is 105 Å². The normalized spacial score (nSPS) is 16.7. The molecule has 1 aliphatic rings. The molecule has 7 nitrogen and oxygen atoms in total. The van der Waals surface area contributed by atoms with Gasteiger partial charge in [-0.15, -0.1) is 11.3 Å². The van der Waals surface area contributed by atoms with Crippen molar-refractivity contribution < 1.29 is 24.2 Å². The molecule has 0 bridgehead atoms. The van der Waals surface area contributed by atoms with Gasteiger partial charge < -0.3 is 20.5 Å². The minimum Gasteiger partial charge on any atom is -0.481 e. The van der Waals surface area contributed by atoms with Crippen LogP contribution in [-0.4, -0.2) is 49.2 Å². The van der Waals surface area contributed by atoms with Crippen LogP contribution in [0, 0.1) is 5.41 Å². The average Bonchev–Trinajstić information content (AvgIpc) is 3.06. The molecule has 1 saturated heterocycles. The van der Waals surface area contributed by atoms with Crippen molar-refractivity contribution in [1.82, 2.24) is 10.6 Å². The molecule has 120 valence electrons. The Bertz CT molecular complexity index is 537. The summed E-state index contributed by atoms with van der Waals surface area (Å²) in [4.78, 5) is 35.4. The van der Waals surface area contributed by atoms with E-state index in [4.69, 9.17) is 4.74 Å². The van der Waals surface area contributed by atoms with E-state index in [9.17, 15) is 19.5 Å². The van der Waals surface area contributed by atoms with Crippen molar-refractivity contribution in [1.29, 1.82) is 0 Å². The first-order chi connectivity index (χ1) is 10.5. The van der Waals surface area contributed by atoms with Gasteiger partial charge in [0.15, 0.2) is 0 Å². The van der Waals surface area contributed by atoms with E-state index in [1.54, 1.807) is 17.5 Å². The number of carboxylic acids is 1. The third-order valence-electron chi connectivity index (χ3n) is 3.68. The van der Waals surface area contributed by atoms with E-state index >= 15 is 0 Å². The molecule has 0 unspecified atom stereocenters. The molecule has 1 aromatic rings. The largest absolute Gasteiger partial charge is 0.481 e. The number of carboxylic acid groups (broad SMARTS) is 1. The highest BCUT2D eigenvalue weighted by atomic mass is 32.1. The minimum atomic E-state index is -0.980. The van der Waals surface area contributed by atoms with Crippen LogP contribution in [0.25, 0.3) is 0 Å². The van der Waals surface area contributed by atoms with Crippen LogP contribution in [0.2, 0.25) is 0 Å². The third kappa shape index (κ3) is 4.05. The van der Waals surface area contributed by atoms with Gasteiger partial charge in [-0.1, -0.05) is 6.07 Å². The fraction of sp³-hybridized carbons (Fsp3) is 0.500. The smallest absolute Gasteiger partial charge is 0.311 e. The number of thiophene rings is 1. The first kappa shape index (κ1) is 16.4. The molecular formula is C14H18N2O5S. The van der Waals surface area contributed by atoms with Crippen molar-refractivity contribution in [3.63, 3.8) is 0 Å². The second-order valence-electron chi connectivity index (χ2n) is 5.13. The number of amides is 2. The predicted octanol–water partition coefficient (Wildman–Crippen LogP) is 0.475. The van der Waals surface area contributed by atoms with Gasteiger partial charge in [0.25, 0.3) is 5.91 Å². The van der Waals surface area contributed by atoms with E-state index in [1.807, 2.05) is 0 Å². The first-order valence-electron chi connectivity index (χ1n) is 6.93. The second-order valence-corrected chi connectivity index (χ2v) is 6.08. The summed E-state index contributed by atoms with van der Waals surface area (Å²) in [5.74, 6) is -1.65. The number of nitrogens with one attached hydrogen (secondary N) is 2. The molecule has 0 saturated carbocycles. The van der Waals surface area contributed by atoms with Crippen molar-refractivity contribution in [2.45, 2.75) is 12.8 Å². The lowest BCUT2D eigenvalue weighted by Crippen LogP contribution is -2.48. The molecule has 2 amide bonds. The Morgan fingerprint density at radius 3 is 2.59 bits per heavy atom. The number of hydrogen-bond donors (Lipinski definition) is 3. The lowest BCUT2D eigenvalue weighted by Gasteiger charge is -2.33. The highest BCUT2D eigenvalue weighted by molar-refractivity contribution is 7.12. The van der Waals surface area contributed by atoms with Crippen molar-refractivity contribution in [3.8, 4) is 0 Å². The molecule has 8 heteroatoms. The van der Waals surface area contributed by atoms with E-state index in [0.29, 0.717) is 30.9 Å². The molecular weight excluding hydrogens is 308 g/mol. The number of rotatable bonds is 6. The molecule has 0 spiro atoms. The zero-order valence-electron chi connectivity index (χ0n) is 12.0. The summed E-state index contributed by atoms with van der Waals surface area (Å²) < 4.78 is 5.17. The van der Waals surface area contributed by atoms with Gasteiger partial charge in [-0.3, -0.25) is 14.4 Å². The second kappa shape index (κ2) is 7.37. The fourth-order valence-electron chi connectivity index (χ4n) is 2.21. The molecule has 2 heterocycles. The molecule has 0 radical (unpaired) electrons. The van der Waals surface area contributed by atoms with Crippen LogP contribution in [0.4, 0.5) is 0 Å². The highest BCUT2D eigenvalue weighted by Crippen LogP contribution is 2.29. The van der Waals surface area contributed by atoms with Crippen LogP contribution < -0.4 is 10.6 Å². The van der Waals surface area contributed by atoms with Crippen LogP contribution in [0.1, 0.15) is 22.5 Å². The lowest BCUT2D eigenvalue weighted by atomic mass is 9.80. The van der Waals surface area contributed by atoms with E-state index in [-0.39, 0.29) is 19.0 Å². The molecule has 2 rings (SSSR count). The van der Waals surface area contributed by atoms with Gasteiger partial charge >= 0.3 is 5.97 Å². The van der Waals surface area contributed by atoms with E-state index in [1.165, 1.54) is 11.3 Å². The predicted molar refractivity (Wildman–Crippen MR) is 79.8 cm³/mol. The highest BCUT2D eigenvalue weighted by Gasteiger charge is 2.40. The molecule has 3 N–H and O–H groups in total. The van der Waals surface area contributed by atoms with Crippen LogP contribution in [0.5, 0.6) is 0 Å². The maximum atomic E-state index is 11.8. The lowest BCUT2D eigenvalue weighted by molar-refractivity contribution is -0.154. The van der Waals surface area contributed by atoms with Gasteiger partial charge in [-0.2, -0.15) is 0 Å². The first-order valence-corrected chi connectivity index (χ1v) is 7.81. The Balaban J connectivity index is 1.79. The summed E-state index contributed by atoms with van der Waals surface area (Å²) in [6.45, 7) is 0.608. The Morgan fingerprint density at radius 2 is 2.00 bits per heavy atom. The van der Waals surface area contributed by atoms with Crippen LogP contribution in [0.3, 0.4) is 0 Å². The van der Waals surface area contributed by atoms with Gasteiger partial charge in [-0.05, 0) is 24.3 Å². The van der Waals surface area contributed by atoms with Crippen molar-refractivity contribution in [3.05, 3.63) is 22.4 Å². The van der Waals surface area contributed by atoms with Crippen molar-refractivity contribution in [2.75, 3.05) is 26.3 Å². The number of hydrogen-bond acceptors (Lipinski definition) is 5. The number of carbonyl (C=O) groups excluding carboxylic acids is 2. The zero-order chi connectivity index (χ0) is 16.0. The summed E-state index contributed by atoms with van der Waals surface area (Å²) in [6, 6.07) is 3.42. The van der Waals surface area contributed by atoms with E-state index < -0.39 is 17.3 Å². The summed E-state index contributed by atoms with van der Waals surface area (Å²) >= 11 is 1.29.